The van der Waals surface area contributed by atoms with E-state index >= 15 is 13.2 Å². The number of thiol groups is 1. The van der Waals surface area contributed by atoms with Crippen LogP contribution in [0, 0.1) is 0 Å². The average Bonchev–Trinajstić information content (AvgIpc) is 1.55. The van der Waals surface area contributed by atoms with Crippen LogP contribution in [-0.2, 0) is 151 Å². The highest BCUT2D eigenvalue weighted by atomic mass is 32.7. The Balaban J connectivity index is 0.000000125. The molecule has 22 heterocycles. The highest BCUT2D eigenvalue weighted by Crippen LogP contribution is 2.62. The van der Waals surface area contributed by atoms with E-state index in [1.807, 2.05) is 0 Å². The van der Waals surface area contributed by atoms with Gasteiger partial charge in [-0.2, -0.15) is 19.6 Å². The van der Waals surface area contributed by atoms with E-state index in [1.165, 1.54) is 74.6 Å². The Hall–Kier alpha value is -7.70. The SMILES string of the molecule is Nc1nc2c(ncn2[C@@H]2O[C@@H]3COP(=O)(S)OC4C(F)[C@H](n5cnc6c(N)ccnc65)O[C@@H]4COP(O)(=S)OC2C3)c(=O)[nH]1.Nc1nc2c(ncn2[C@@H]2O[C@@H]3COP(O)(=S)OC4C(F)[C@H](n5nnc6c(N)ccnc65)O[C@@H]4COP(O)(=S)OC2C3)c(=O)[nH]1.Nc1nc2c(ncn2[C@@H]2O[C@@H]3COP(O)(=S)OC4[C@H]5OC[C@]4(COP(O)(=S)OC2C3F)O[C@H]5n2cnc3c(N)ccnc32)c(=O)[nH]1. The summed E-state index contributed by atoms with van der Waals surface area (Å²) in [5.74, 6) is -0.556. The number of fused-ring (bicyclic) bond motifs is 14. The second kappa shape index (κ2) is 35.6. The molecule has 56 nitrogen and oxygen atoms in total. The molecule has 22 rings (SSSR count). The summed E-state index contributed by atoms with van der Waals surface area (Å²) in [4.78, 5) is 145. The predicted molar refractivity (Wildman–Crippen MR) is 471 cm³/mol. The van der Waals surface area contributed by atoms with Gasteiger partial charge in [-0.15, -0.1) is 5.10 Å². The zero-order chi connectivity index (χ0) is 94.1. The molecule has 15 unspecified atom stereocenters. The lowest BCUT2D eigenvalue weighted by Crippen LogP contribution is -2.45. The summed E-state index contributed by atoms with van der Waals surface area (Å²) in [6.07, 6.45) is -16.6. The third-order valence-electron chi connectivity index (χ3n) is 22.5. The summed E-state index contributed by atoms with van der Waals surface area (Å²) in [7, 11) is 0. The van der Waals surface area contributed by atoms with Gasteiger partial charge in [0.25, 0.3) is 16.7 Å². The molecule has 0 amide bonds. The highest BCUT2D eigenvalue weighted by molar-refractivity contribution is 8.44. The number of anilines is 6. The first kappa shape index (κ1) is 93.9. The number of aromatic amines is 3. The number of nitrogen functional groups attached to an aromatic ring is 6. The van der Waals surface area contributed by atoms with Crippen LogP contribution in [0.15, 0.2) is 82.8 Å². The van der Waals surface area contributed by atoms with Gasteiger partial charge >= 0.3 is 40.4 Å². The summed E-state index contributed by atoms with van der Waals surface area (Å²) >= 11 is 30.4. The summed E-state index contributed by atoms with van der Waals surface area (Å²) in [6.45, 7) is -27.9. The molecule has 0 aromatic carbocycles. The van der Waals surface area contributed by atoms with E-state index in [4.69, 9.17) is 181 Å². The van der Waals surface area contributed by atoms with Crippen molar-refractivity contribution in [2.75, 3.05) is 80.7 Å². The number of nitrogens with one attached hydrogen (secondary N) is 3. The number of halogens is 3. The first-order chi connectivity index (χ1) is 63.6. The molecule has 12 aromatic heterocycles. The lowest BCUT2D eigenvalue weighted by atomic mass is 10.0. The molecule has 0 radical (unpaired) electrons. The second-order valence-corrected chi connectivity index (χ2v) is 47.9. The first-order valence-electron chi connectivity index (χ1n) is 39.3. The lowest BCUT2D eigenvalue weighted by Gasteiger charge is -2.33. The quantitative estimate of drug-likeness (QED) is 0.0819. The Morgan fingerprint density at radius 2 is 0.813 bits per heavy atom. The molecule has 0 aliphatic carbocycles. The Morgan fingerprint density at radius 3 is 1.34 bits per heavy atom. The lowest BCUT2D eigenvalue weighted by molar-refractivity contribution is -0.183. The number of imidazole rings is 5. The Kier molecular flexibility index (Phi) is 24.9. The van der Waals surface area contributed by atoms with Gasteiger partial charge < -0.3 is 124 Å². The van der Waals surface area contributed by atoms with E-state index in [2.05, 4.69) is 92.3 Å². The number of alkyl halides is 3. The Bertz CT molecular complexity index is 6890. The number of ether oxygens (including phenoxy) is 7. The molecule has 8 bridgehead atoms. The van der Waals surface area contributed by atoms with E-state index in [0.717, 1.165) is 4.68 Å². The first-order valence-corrected chi connectivity index (χ1v) is 55.0. The van der Waals surface area contributed by atoms with Crippen LogP contribution in [-0.4, -0.2) is 276 Å². The van der Waals surface area contributed by atoms with Crippen LogP contribution in [0.4, 0.5) is 48.1 Å². The number of nitrogens with zero attached hydrogens (tertiary/aromatic N) is 19. The van der Waals surface area contributed by atoms with E-state index in [0.29, 0.717) is 28.1 Å². The molecule has 10 aliphatic rings. The fourth-order valence-electron chi connectivity index (χ4n) is 16.6. The molecule has 20 N–H and O–H groups in total. The average molecular weight is 2100 g/mol. The molecule has 10 aliphatic heterocycles. The van der Waals surface area contributed by atoms with Gasteiger partial charge in [0.1, 0.15) is 77.7 Å². The van der Waals surface area contributed by atoms with Gasteiger partial charge in [0.2, 0.25) is 17.8 Å². The van der Waals surface area contributed by atoms with E-state index in [-0.39, 0.29) is 106 Å². The van der Waals surface area contributed by atoms with Crippen molar-refractivity contribution < 1.29 is 130 Å². The Labute approximate surface area is 773 Å². The number of nitrogens with two attached hydrogens (primary N) is 6. The molecular formula is C63H71F3N28O28P6S6. The minimum Gasteiger partial charge on any atom is -0.397 e. The third-order valence-corrected chi connectivity index (χ3v) is 31.9. The van der Waals surface area contributed by atoms with Gasteiger partial charge in [0, 0.05) is 31.4 Å². The second-order valence-electron chi connectivity index (χ2n) is 31.1. The number of hydrogen-bond acceptors (Lipinski definition) is 47. The molecule has 10 fully saturated rings. The van der Waals surface area contributed by atoms with Crippen molar-refractivity contribution in [1.82, 2.24) is 108 Å². The zero-order valence-corrected chi connectivity index (χ0v) is 77.6. The van der Waals surface area contributed by atoms with Gasteiger partial charge in [0.05, 0.1) is 107 Å². The van der Waals surface area contributed by atoms with Crippen LogP contribution < -0.4 is 51.1 Å². The molecule has 134 heavy (non-hydrogen) atoms. The van der Waals surface area contributed by atoms with Gasteiger partial charge in [-0.05, 0) is 77.2 Å². The number of pyridine rings is 3. The van der Waals surface area contributed by atoms with Gasteiger partial charge in [-0.3, -0.25) is 74.8 Å². The standard InChI is InChI=1S/C22H24FN9O10P2S2.C21H24FN9O9P2S2.C20H23FN10O9P2S2/c23-10-9-3-37-43(34,45)42-15-14-20(31-6-27-11-8(24)1-2-26-16(11)31)40-22(15,4-36-14)5-38-44(35,46)41-13(10)19(39-9)32-7-28-12-17(32)29-21(25)30-18(12)33;22-12-15-11(38-20(12)30-6-26-13-9(23)1-2-25-16(13)30)5-36-41(33,43)39-10-3-8(4-35-42(34,44)40-15)37-19(10)31-7-27-14-17(31)28-21(24)29-18(14)32;21-11-14-10(38-19(11)31-15-12(28-29-31)8(22)1-2-24-15)5-36-41(33,43)39-9-3-7(4-35-42(34,44)40-14)37-18(9)30-6-25-13-16(30)26-20(23)27-17(13)32/h1-2,6-7,9-10,13-15,19-20H,3-5H2,(H2,24,26)(H,34,45)(H,35,46)(H3,25,29,30,33);1-2,6-8,10-12,15,19-20H,3-5H2,(H2,23,25)(H,33,43)(H,34,44)(H3,24,28,29,32);1-2,6-7,9-11,14,18-19H,3-5H2,(H2,22,24)(H,33,43)(H,34,44)(H3,23,26,27,32)/t9-,10?,13?,14-,15?,19-,20-,22-,43?,44?;8-,10?,11+,12?,15?,19+,20+,41?,42?;7-,9?,10+,11?,14?,18+,19+,41?,42?/m100/s1. The van der Waals surface area contributed by atoms with Gasteiger partial charge in [-0.25, -0.2) is 57.6 Å². The molecule has 71 heteroatoms. The van der Waals surface area contributed by atoms with Crippen molar-refractivity contribution in [1.29, 1.82) is 0 Å². The van der Waals surface area contributed by atoms with Crippen molar-refractivity contribution in [3.63, 3.8) is 0 Å². The van der Waals surface area contributed by atoms with Crippen molar-refractivity contribution in [3.8, 4) is 0 Å². The monoisotopic (exact) mass is 2100 g/mol. The fraction of sp³-hybridized carbons (Fsp3) is 0.492. The normalized spacial score (nSPS) is 37.6. The maximum absolute atomic E-state index is 16.0. The largest absolute Gasteiger partial charge is 0.397 e. The van der Waals surface area contributed by atoms with Crippen LogP contribution >= 0.6 is 52.6 Å². The summed E-state index contributed by atoms with van der Waals surface area (Å²) in [6, 6.07) is 4.65. The van der Waals surface area contributed by atoms with Gasteiger partial charge in [-0.1, -0.05) is 17.5 Å². The summed E-state index contributed by atoms with van der Waals surface area (Å²) in [5, 5.41) is 7.88. The predicted octanol–water partition coefficient (Wildman–Crippen LogP) is 1.10. The van der Waals surface area contributed by atoms with Crippen molar-refractivity contribution in [2.24, 2.45) is 0 Å². The van der Waals surface area contributed by atoms with Crippen molar-refractivity contribution in [3.05, 3.63) is 99.5 Å². The topological polar surface area (TPSA) is 745 Å². The minimum atomic E-state index is -4.29. The van der Waals surface area contributed by atoms with E-state index in [1.54, 1.807) is 16.7 Å². The van der Waals surface area contributed by atoms with Crippen LogP contribution in [0.25, 0.3) is 67.0 Å². The Morgan fingerprint density at radius 1 is 0.410 bits per heavy atom. The fourth-order valence-corrected chi connectivity index (χ4v) is 25.3. The highest BCUT2D eigenvalue weighted by Gasteiger charge is 2.66. The number of H-pyrrole nitrogens is 3. The van der Waals surface area contributed by atoms with Crippen molar-refractivity contribution in [2.45, 2.75) is 148 Å². The van der Waals surface area contributed by atoms with Crippen LogP contribution in [0.5, 0.6) is 0 Å². The number of hydrogen-bond donors (Lipinski definition) is 15. The molecule has 12 aromatic rings. The maximum Gasteiger partial charge on any atom is 0.386 e. The number of rotatable bonds is 6. The molecule has 10 saturated heterocycles. The molecule has 0 saturated carbocycles. The minimum absolute atomic E-state index is 0.0209. The molecule has 28 atom stereocenters. The molecule has 0 spiro atoms. The third kappa shape index (κ3) is 18.0. The van der Waals surface area contributed by atoms with Crippen LogP contribution in [0.3, 0.4) is 0 Å². The molecular weight excluding hydrogens is 2030 g/mol. The van der Waals surface area contributed by atoms with Crippen molar-refractivity contribution >= 4 is 214 Å². The van der Waals surface area contributed by atoms with Crippen LogP contribution in [0.2, 0.25) is 0 Å². The van der Waals surface area contributed by atoms with E-state index < -0.39 is 218 Å². The molecule has 718 valence electrons. The van der Waals surface area contributed by atoms with Crippen LogP contribution in [0.1, 0.15) is 50.2 Å². The summed E-state index contributed by atoms with van der Waals surface area (Å²) < 4.78 is 180. The maximum atomic E-state index is 16.0. The van der Waals surface area contributed by atoms with E-state index in [9.17, 15) is 43.4 Å². The number of aromatic nitrogens is 22. The van der Waals surface area contributed by atoms with Gasteiger partial charge in [0.15, 0.2) is 112 Å². The zero-order valence-electron chi connectivity index (χ0n) is 67.2. The smallest absolute Gasteiger partial charge is 0.386 e. The summed E-state index contributed by atoms with van der Waals surface area (Å²) in [5.41, 5.74) is 34.4.